The van der Waals surface area contributed by atoms with E-state index in [9.17, 15) is 0 Å². The second kappa shape index (κ2) is 6.61. The summed E-state index contributed by atoms with van der Waals surface area (Å²) in [5.74, 6) is 0. The summed E-state index contributed by atoms with van der Waals surface area (Å²) in [6, 6.07) is 10.7. The number of benzene rings is 1. The van der Waals surface area contributed by atoms with Crippen LogP contribution in [0.1, 0.15) is 58.9 Å². The first-order valence-electron chi connectivity index (χ1n) is 10.4. The molecule has 1 saturated heterocycles. The van der Waals surface area contributed by atoms with Gasteiger partial charge in [0.15, 0.2) is 6.29 Å². The van der Waals surface area contributed by atoms with E-state index < -0.39 is 0 Å². The van der Waals surface area contributed by atoms with Gasteiger partial charge in [-0.05, 0) is 47.5 Å². The smallest absolute Gasteiger partial charge is 0.170 e. The van der Waals surface area contributed by atoms with Crippen molar-refractivity contribution in [2.24, 2.45) is 16.2 Å². The molecule has 0 bridgehead atoms. The van der Waals surface area contributed by atoms with Gasteiger partial charge < -0.3 is 9.47 Å². The van der Waals surface area contributed by atoms with Gasteiger partial charge in [0.05, 0.1) is 12.7 Å². The van der Waals surface area contributed by atoms with Crippen molar-refractivity contribution in [2.45, 2.75) is 72.3 Å². The Morgan fingerprint density at radius 1 is 1.08 bits per heavy atom. The maximum Gasteiger partial charge on any atom is 0.170 e. The molecule has 1 spiro atoms. The van der Waals surface area contributed by atoms with E-state index in [-0.39, 0.29) is 17.8 Å². The molecule has 26 heavy (non-hydrogen) atoms. The van der Waals surface area contributed by atoms with Gasteiger partial charge in [-0.25, -0.2) is 0 Å². The highest BCUT2D eigenvalue weighted by atomic mass is 16.7. The normalized spacial score (nSPS) is 32.5. The van der Waals surface area contributed by atoms with Gasteiger partial charge in [-0.2, -0.15) is 0 Å². The topological polar surface area (TPSA) is 21.7 Å². The fraction of sp³-hybridized carbons (Fsp3) is 0.739. The third-order valence-corrected chi connectivity index (χ3v) is 8.16. The van der Waals surface area contributed by atoms with Gasteiger partial charge in [0.25, 0.3) is 0 Å². The molecule has 1 aromatic carbocycles. The van der Waals surface area contributed by atoms with Crippen LogP contribution in [0.4, 0.5) is 0 Å². The van der Waals surface area contributed by atoms with Crippen LogP contribution in [-0.4, -0.2) is 37.0 Å². The molecule has 4 rings (SSSR count). The molecule has 2 saturated carbocycles. The largest absolute Gasteiger partial charge is 0.350 e. The Hall–Kier alpha value is -0.900. The molecule has 0 N–H and O–H groups in total. The van der Waals surface area contributed by atoms with Gasteiger partial charge in [0.1, 0.15) is 0 Å². The summed E-state index contributed by atoms with van der Waals surface area (Å²) in [7, 11) is 0. The Morgan fingerprint density at radius 2 is 1.81 bits per heavy atom. The maximum absolute atomic E-state index is 6.61. The monoisotopic (exact) mass is 357 g/mol. The van der Waals surface area contributed by atoms with Crippen molar-refractivity contribution < 1.29 is 9.47 Å². The van der Waals surface area contributed by atoms with Gasteiger partial charge >= 0.3 is 0 Å². The van der Waals surface area contributed by atoms with Crippen molar-refractivity contribution in [1.82, 2.24) is 4.90 Å². The number of nitrogens with zero attached hydrogens (tertiary/aromatic N) is 1. The van der Waals surface area contributed by atoms with E-state index in [0.717, 1.165) is 26.2 Å². The minimum atomic E-state index is -0.0965. The Morgan fingerprint density at radius 3 is 2.50 bits per heavy atom. The third-order valence-electron chi connectivity index (χ3n) is 8.16. The number of hydrogen-bond donors (Lipinski definition) is 0. The highest BCUT2D eigenvalue weighted by Gasteiger charge is 2.64. The van der Waals surface area contributed by atoms with Crippen LogP contribution in [0.15, 0.2) is 30.3 Å². The second-order valence-electron chi connectivity index (χ2n) is 9.81. The molecule has 3 fully saturated rings. The highest BCUT2D eigenvalue weighted by molar-refractivity contribution is 5.15. The molecule has 2 aliphatic carbocycles. The molecule has 2 unspecified atom stereocenters. The fourth-order valence-electron chi connectivity index (χ4n) is 5.35. The van der Waals surface area contributed by atoms with E-state index >= 15 is 0 Å². The first-order valence-corrected chi connectivity index (χ1v) is 10.4. The lowest BCUT2D eigenvalue weighted by molar-refractivity contribution is -0.250. The molecule has 2 atom stereocenters. The van der Waals surface area contributed by atoms with Crippen LogP contribution in [-0.2, 0) is 16.0 Å². The van der Waals surface area contributed by atoms with Crippen LogP contribution in [0.25, 0.3) is 0 Å². The fourth-order valence-corrected chi connectivity index (χ4v) is 5.35. The molecular weight excluding hydrogens is 322 g/mol. The molecule has 3 nitrogen and oxygen atoms in total. The van der Waals surface area contributed by atoms with Crippen LogP contribution in [0.2, 0.25) is 0 Å². The van der Waals surface area contributed by atoms with Crippen molar-refractivity contribution in [3.05, 3.63) is 35.9 Å². The Kier molecular flexibility index (Phi) is 4.70. The van der Waals surface area contributed by atoms with Crippen molar-refractivity contribution in [3.63, 3.8) is 0 Å². The summed E-state index contributed by atoms with van der Waals surface area (Å²) in [6.07, 6.45) is 5.48. The molecule has 0 aromatic heterocycles. The van der Waals surface area contributed by atoms with E-state index in [4.69, 9.17) is 9.47 Å². The molecule has 1 aliphatic heterocycles. The molecule has 1 heterocycles. The summed E-state index contributed by atoms with van der Waals surface area (Å²) in [6.45, 7) is 13.4. The number of ether oxygens (including phenoxy) is 2. The Balaban J connectivity index is 1.39. The quantitative estimate of drug-likeness (QED) is 0.768. The maximum atomic E-state index is 6.61. The van der Waals surface area contributed by atoms with E-state index in [2.05, 4.69) is 62.9 Å². The molecule has 3 aliphatic rings. The summed E-state index contributed by atoms with van der Waals surface area (Å²) in [5.41, 5.74) is 2.43. The summed E-state index contributed by atoms with van der Waals surface area (Å²) < 4.78 is 12.6. The highest BCUT2D eigenvalue weighted by Crippen LogP contribution is 2.71. The predicted octanol–water partition coefficient (Wildman–Crippen LogP) is 4.86. The zero-order valence-corrected chi connectivity index (χ0v) is 17.0. The van der Waals surface area contributed by atoms with Crippen LogP contribution < -0.4 is 0 Å². The second-order valence-corrected chi connectivity index (χ2v) is 9.81. The van der Waals surface area contributed by atoms with Crippen molar-refractivity contribution in [3.8, 4) is 0 Å². The minimum Gasteiger partial charge on any atom is -0.350 e. The summed E-state index contributed by atoms with van der Waals surface area (Å²) in [4.78, 5) is 2.47. The first kappa shape index (κ1) is 18.5. The van der Waals surface area contributed by atoms with Crippen LogP contribution in [0.5, 0.6) is 0 Å². The summed E-state index contributed by atoms with van der Waals surface area (Å²) >= 11 is 0. The first-order chi connectivity index (χ1) is 12.3. The lowest BCUT2D eigenvalue weighted by Gasteiger charge is -2.56. The number of morpholine rings is 1. The van der Waals surface area contributed by atoms with E-state index in [1.165, 1.54) is 31.2 Å². The van der Waals surface area contributed by atoms with Crippen molar-refractivity contribution >= 4 is 0 Å². The zero-order chi connectivity index (χ0) is 18.4. The molecule has 144 valence electrons. The Bertz CT molecular complexity index is 620. The average molecular weight is 358 g/mol. The van der Waals surface area contributed by atoms with Gasteiger partial charge in [-0.3, -0.25) is 4.90 Å². The molecule has 0 amide bonds. The lowest BCUT2D eigenvalue weighted by Crippen LogP contribution is -2.55. The SMILES string of the molecule is CC1(C)C(OC2CN(Cc3ccccc3)CCO2)CCC2(CC2)C1(C)C. The van der Waals surface area contributed by atoms with Gasteiger partial charge in [0.2, 0.25) is 0 Å². The third kappa shape index (κ3) is 3.12. The minimum absolute atomic E-state index is 0.0965. The van der Waals surface area contributed by atoms with Gasteiger partial charge in [0, 0.05) is 19.6 Å². The van der Waals surface area contributed by atoms with E-state index in [1.54, 1.807) is 0 Å². The van der Waals surface area contributed by atoms with Crippen molar-refractivity contribution in [1.29, 1.82) is 0 Å². The van der Waals surface area contributed by atoms with Crippen LogP contribution in [0, 0.1) is 16.2 Å². The van der Waals surface area contributed by atoms with Crippen molar-refractivity contribution in [2.75, 3.05) is 19.7 Å². The average Bonchev–Trinajstić information content (AvgIpc) is 3.40. The van der Waals surface area contributed by atoms with Crippen LogP contribution in [0.3, 0.4) is 0 Å². The van der Waals surface area contributed by atoms with Gasteiger partial charge in [-0.15, -0.1) is 0 Å². The zero-order valence-electron chi connectivity index (χ0n) is 17.0. The number of rotatable bonds is 4. The Labute approximate surface area is 159 Å². The van der Waals surface area contributed by atoms with Crippen LogP contribution >= 0.6 is 0 Å². The van der Waals surface area contributed by atoms with Gasteiger partial charge in [-0.1, -0.05) is 58.0 Å². The molecule has 0 radical (unpaired) electrons. The van der Waals surface area contributed by atoms with E-state index in [1.807, 2.05) is 0 Å². The molecule has 1 aromatic rings. The summed E-state index contributed by atoms with van der Waals surface area (Å²) in [5, 5.41) is 0. The molecular formula is C23H35NO2. The lowest BCUT2D eigenvalue weighted by atomic mass is 9.51. The molecule has 3 heteroatoms. The number of hydrogen-bond acceptors (Lipinski definition) is 3. The standard InChI is InChI=1S/C23H35NO2/c1-21(2)19(10-11-23(12-13-23)22(21,3)4)26-20-17-24(14-15-25-20)16-18-8-6-5-7-9-18/h5-9,19-20H,10-17H2,1-4H3. The predicted molar refractivity (Wildman–Crippen MR) is 105 cm³/mol. The van der Waals surface area contributed by atoms with E-state index in [0.29, 0.717) is 10.8 Å².